The van der Waals surface area contributed by atoms with E-state index in [-0.39, 0.29) is 5.91 Å². The first-order valence-electron chi connectivity index (χ1n) is 8.21. The van der Waals surface area contributed by atoms with Gasteiger partial charge in [-0.2, -0.15) is 0 Å². The lowest BCUT2D eigenvalue weighted by atomic mass is 10.0. The van der Waals surface area contributed by atoms with E-state index in [9.17, 15) is 4.79 Å². The molecule has 4 aromatic rings. The van der Waals surface area contributed by atoms with E-state index >= 15 is 0 Å². The van der Waals surface area contributed by atoms with Crippen LogP contribution in [0, 0.1) is 0 Å². The molecular weight excluding hydrogens is 310 g/mol. The number of amides is 1. The fraction of sp³-hybridized carbons (Fsp3) is 0.0476. The molecular formula is C21H15N3O. The Kier molecular flexibility index (Phi) is 2.82. The molecule has 4 heteroatoms. The van der Waals surface area contributed by atoms with E-state index < -0.39 is 0 Å². The second-order valence-corrected chi connectivity index (χ2v) is 6.28. The quantitative estimate of drug-likeness (QED) is 0.488. The van der Waals surface area contributed by atoms with Crippen molar-refractivity contribution < 1.29 is 4.79 Å². The normalized spacial score (nSPS) is 11.6. The van der Waals surface area contributed by atoms with Gasteiger partial charge >= 0.3 is 0 Å². The Morgan fingerprint density at radius 1 is 0.960 bits per heavy atom. The SMILES string of the molecule is CC(=O)Nc1ccc(-c2nc3c([nH]2)-c2cccc4cccc-3c24)cc1. The number of carbonyl (C=O) groups excluding carboxylic acids is 1. The molecule has 4 nitrogen and oxygen atoms in total. The van der Waals surface area contributed by atoms with Crippen molar-refractivity contribution in [3.63, 3.8) is 0 Å². The van der Waals surface area contributed by atoms with Crippen LogP contribution < -0.4 is 5.32 Å². The molecule has 1 aliphatic rings. The van der Waals surface area contributed by atoms with Crippen molar-refractivity contribution in [2.75, 3.05) is 5.32 Å². The van der Waals surface area contributed by atoms with E-state index in [4.69, 9.17) is 4.98 Å². The summed E-state index contributed by atoms with van der Waals surface area (Å²) in [5.41, 5.74) is 6.25. The zero-order chi connectivity index (χ0) is 17.0. The number of carbonyl (C=O) groups is 1. The summed E-state index contributed by atoms with van der Waals surface area (Å²) < 4.78 is 0. The number of aromatic nitrogens is 2. The Morgan fingerprint density at radius 2 is 1.68 bits per heavy atom. The van der Waals surface area contributed by atoms with Gasteiger partial charge in [0.25, 0.3) is 0 Å². The number of hydrogen-bond acceptors (Lipinski definition) is 2. The minimum atomic E-state index is -0.0746. The van der Waals surface area contributed by atoms with Crippen molar-refractivity contribution in [1.29, 1.82) is 0 Å². The molecule has 120 valence electrons. The predicted molar refractivity (Wildman–Crippen MR) is 100 cm³/mol. The number of anilines is 1. The highest BCUT2D eigenvalue weighted by Gasteiger charge is 2.25. The van der Waals surface area contributed by atoms with E-state index in [0.29, 0.717) is 0 Å². The molecule has 0 spiro atoms. The molecule has 1 aromatic heterocycles. The monoisotopic (exact) mass is 325 g/mol. The number of aromatic amines is 1. The van der Waals surface area contributed by atoms with Crippen LogP contribution in [-0.4, -0.2) is 15.9 Å². The van der Waals surface area contributed by atoms with E-state index in [1.54, 1.807) is 0 Å². The Bertz CT molecular complexity index is 1080. The van der Waals surface area contributed by atoms with E-state index in [0.717, 1.165) is 28.5 Å². The van der Waals surface area contributed by atoms with Gasteiger partial charge in [0, 0.05) is 34.7 Å². The van der Waals surface area contributed by atoms with Crippen molar-refractivity contribution in [3.05, 3.63) is 60.7 Å². The van der Waals surface area contributed by atoms with Crippen LogP contribution >= 0.6 is 0 Å². The van der Waals surface area contributed by atoms with Gasteiger partial charge in [-0.25, -0.2) is 4.98 Å². The van der Waals surface area contributed by atoms with Crippen molar-refractivity contribution in [2.45, 2.75) is 6.92 Å². The molecule has 0 bridgehead atoms. The van der Waals surface area contributed by atoms with Gasteiger partial charge in [-0.15, -0.1) is 0 Å². The van der Waals surface area contributed by atoms with Gasteiger partial charge in [-0.05, 0) is 29.7 Å². The van der Waals surface area contributed by atoms with Crippen molar-refractivity contribution in [2.24, 2.45) is 0 Å². The van der Waals surface area contributed by atoms with Gasteiger partial charge in [-0.3, -0.25) is 4.79 Å². The third-order valence-electron chi connectivity index (χ3n) is 4.61. The average Bonchev–Trinajstić information content (AvgIpc) is 3.16. The Balaban J connectivity index is 1.60. The first-order chi connectivity index (χ1) is 12.2. The summed E-state index contributed by atoms with van der Waals surface area (Å²) in [7, 11) is 0. The summed E-state index contributed by atoms with van der Waals surface area (Å²) in [4.78, 5) is 19.5. The highest BCUT2D eigenvalue weighted by atomic mass is 16.1. The number of hydrogen-bond donors (Lipinski definition) is 2. The first-order valence-corrected chi connectivity index (χ1v) is 8.21. The number of nitrogens with zero attached hydrogens (tertiary/aromatic N) is 1. The Hall–Kier alpha value is -3.40. The minimum Gasteiger partial charge on any atom is -0.337 e. The molecule has 1 aliphatic carbocycles. The van der Waals surface area contributed by atoms with Crippen LogP contribution in [0.3, 0.4) is 0 Å². The lowest BCUT2D eigenvalue weighted by Crippen LogP contribution is -2.05. The van der Waals surface area contributed by atoms with Crippen LogP contribution in [0.1, 0.15) is 6.92 Å². The molecule has 0 saturated carbocycles. The number of rotatable bonds is 2. The smallest absolute Gasteiger partial charge is 0.221 e. The average molecular weight is 325 g/mol. The third-order valence-corrected chi connectivity index (χ3v) is 4.61. The van der Waals surface area contributed by atoms with Crippen LogP contribution in [-0.2, 0) is 4.79 Å². The van der Waals surface area contributed by atoms with Crippen molar-refractivity contribution in [3.8, 4) is 33.9 Å². The predicted octanol–water partition coefficient (Wildman–Crippen LogP) is 4.84. The molecule has 1 heterocycles. The molecule has 1 amide bonds. The largest absolute Gasteiger partial charge is 0.337 e. The Morgan fingerprint density at radius 3 is 2.40 bits per heavy atom. The summed E-state index contributed by atoms with van der Waals surface area (Å²) in [5.74, 6) is 0.764. The van der Waals surface area contributed by atoms with Gasteiger partial charge in [0.2, 0.25) is 5.91 Å². The van der Waals surface area contributed by atoms with E-state index in [2.05, 4.69) is 46.7 Å². The molecule has 3 aromatic carbocycles. The number of H-pyrrole nitrogens is 1. The standard InChI is InChI=1S/C21H15N3O/c1-12(25)22-15-10-8-14(9-11-15)21-23-19-16-6-2-4-13-5-3-7-17(18(13)16)20(19)24-21/h2-11H,1H3,(H,22,25)(H,23,24). The number of nitrogens with one attached hydrogen (secondary N) is 2. The topological polar surface area (TPSA) is 57.8 Å². The van der Waals surface area contributed by atoms with Gasteiger partial charge in [0.1, 0.15) is 5.82 Å². The van der Waals surface area contributed by atoms with Crippen LogP contribution in [0.25, 0.3) is 44.7 Å². The van der Waals surface area contributed by atoms with Crippen LogP contribution in [0.15, 0.2) is 60.7 Å². The lowest BCUT2D eigenvalue weighted by molar-refractivity contribution is -0.114. The molecule has 0 atom stereocenters. The molecule has 0 radical (unpaired) electrons. The summed E-state index contributed by atoms with van der Waals surface area (Å²) in [6.07, 6.45) is 0. The zero-order valence-corrected chi connectivity index (χ0v) is 13.6. The molecule has 0 aliphatic heterocycles. The Labute approximate surface area is 144 Å². The fourth-order valence-electron chi connectivity index (χ4n) is 3.56. The van der Waals surface area contributed by atoms with Gasteiger partial charge in [0.05, 0.1) is 11.4 Å². The van der Waals surface area contributed by atoms with Gasteiger partial charge < -0.3 is 10.3 Å². The van der Waals surface area contributed by atoms with Crippen molar-refractivity contribution in [1.82, 2.24) is 9.97 Å². The lowest BCUT2D eigenvalue weighted by Gasteiger charge is -2.04. The van der Waals surface area contributed by atoms with E-state index in [1.165, 1.54) is 28.8 Å². The molecule has 0 saturated heterocycles. The van der Waals surface area contributed by atoms with Crippen LogP contribution in [0.4, 0.5) is 5.69 Å². The highest BCUT2D eigenvalue weighted by Crippen LogP contribution is 2.46. The second-order valence-electron chi connectivity index (χ2n) is 6.28. The summed E-state index contributed by atoms with van der Waals surface area (Å²) in [6.45, 7) is 1.50. The molecule has 2 N–H and O–H groups in total. The van der Waals surface area contributed by atoms with Gasteiger partial charge in [-0.1, -0.05) is 36.4 Å². The summed E-state index contributed by atoms with van der Waals surface area (Å²) >= 11 is 0. The van der Waals surface area contributed by atoms with Gasteiger partial charge in [0.15, 0.2) is 0 Å². The second kappa shape index (κ2) is 5.05. The highest BCUT2D eigenvalue weighted by molar-refractivity contribution is 6.13. The molecule has 5 rings (SSSR count). The number of fused-ring (bicyclic) bond motifs is 3. The maximum absolute atomic E-state index is 11.1. The minimum absolute atomic E-state index is 0.0746. The number of benzene rings is 3. The summed E-state index contributed by atoms with van der Waals surface area (Å²) in [6, 6.07) is 20.4. The summed E-state index contributed by atoms with van der Waals surface area (Å²) in [5, 5.41) is 5.29. The number of imidazole rings is 1. The van der Waals surface area contributed by atoms with Crippen LogP contribution in [0.2, 0.25) is 0 Å². The molecule has 0 unspecified atom stereocenters. The van der Waals surface area contributed by atoms with Crippen LogP contribution in [0.5, 0.6) is 0 Å². The zero-order valence-electron chi connectivity index (χ0n) is 13.6. The molecule has 25 heavy (non-hydrogen) atoms. The maximum atomic E-state index is 11.1. The first kappa shape index (κ1) is 14.0. The van der Waals surface area contributed by atoms with Crippen molar-refractivity contribution >= 4 is 22.4 Å². The fourth-order valence-corrected chi connectivity index (χ4v) is 3.56. The third kappa shape index (κ3) is 2.08. The van der Waals surface area contributed by atoms with E-state index in [1.807, 2.05) is 24.3 Å². The maximum Gasteiger partial charge on any atom is 0.221 e. The molecule has 0 fully saturated rings.